The predicted octanol–water partition coefficient (Wildman–Crippen LogP) is 2.48. The second-order valence-electron chi connectivity index (χ2n) is 5.16. The highest BCUT2D eigenvalue weighted by Crippen LogP contribution is 2.65. The van der Waals surface area contributed by atoms with E-state index in [0.717, 1.165) is 12.3 Å². The van der Waals surface area contributed by atoms with Crippen molar-refractivity contribution in [3.8, 4) is 0 Å². The maximum absolute atomic E-state index is 7.97. The van der Waals surface area contributed by atoms with Crippen LogP contribution in [-0.2, 0) is 0 Å². The molecule has 3 atom stereocenters. The van der Waals surface area contributed by atoms with Gasteiger partial charge in [0.2, 0.25) is 0 Å². The molecule has 0 heterocycles. The van der Waals surface area contributed by atoms with Crippen LogP contribution in [0.1, 0.15) is 40.0 Å². The van der Waals surface area contributed by atoms with Crippen LogP contribution < -0.4 is 5.73 Å². The van der Waals surface area contributed by atoms with Crippen LogP contribution >= 0.6 is 0 Å². The molecule has 1 N–H and O–H groups in total. The Balaban J connectivity index is 2.40. The van der Waals surface area contributed by atoms with Crippen LogP contribution in [0.3, 0.4) is 0 Å². The van der Waals surface area contributed by atoms with Gasteiger partial charge >= 0.3 is 0 Å². The van der Waals surface area contributed by atoms with E-state index in [1.54, 1.807) is 0 Å². The van der Waals surface area contributed by atoms with Crippen molar-refractivity contribution in [2.75, 3.05) is 0 Å². The molecule has 0 aromatic heterocycles. The summed E-state index contributed by atoms with van der Waals surface area (Å²) >= 11 is 0. The molecular weight excluding hydrogens is 134 g/mol. The number of hydrogen-bond acceptors (Lipinski definition) is 0. The molecule has 2 fully saturated rings. The van der Waals surface area contributed by atoms with Crippen molar-refractivity contribution in [3.05, 3.63) is 0 Å². The summed E-state index contributed by atoms with van der Waals surface area (Å²) in [5.41, 5.74) is 8.75. The molecule has 0 spiro atoms. The van der Waals surface area contributed by atoms with Crippen molar-refractivity contribution in [3.63, 3.8) is 0 Å². The quantitative estimate of drug-likeness (QED) is 0.509. The fraction of sp³-hybridized carbons (Fsp3) is 1.00. The predicted molar refractivity (Wildman–Crippen MR) is 46.1 cm³/mol. The van der Waals surface area contributed by atoms with E-state index >= 15 is 0 Å². The molecule has 0 amide bonds. The molecule has 2 rings (SSSR count). The molecule has 2 aliphatic rings. The topological polar surface area (TPSA) is 23.8 Å². The van der Waals surface area contributed by atoms with Gasteiger partial charge < -0.3 is 0 Å². The molecule has 1 heteroatoms. The summed E-state index contributed by atoms with van der Waals surface area (Å²) < 4.78 is 0. The van der Waals surface area contributed by atoms with Gasteiger partial charge in [0.05, 0.1) is 0 Å². The minimum Gasteiger partial charge on any atom is -0.254 e. The Hall–Kier alpha value is -0.0400. The van der Waals surface area contributed by atoms with Gasteiger partial charge in [-0.1, -0.05) is 20.8 Å². The standard InChI is InChI=1S/C10H18N/c1-9(2)7-4-5-10(9,3)8(11)6-7/h7-8,11H,4-6H2,1-3H3/t7?,8?,10-/m0/s1. The summed E-state index contributed by atoms with van der Waals surface area (Å²) in [6.07, 6.45) is 3.82. The van der Waals surface area contributed by atoms with Gasteiger partial charge in [-0.15, -0.1) is 0 Å². The summed E-state index contributed by atoms with van der Waals surface area (Å²) in [5.74, 6) is 0.843. The Morgan fingerprint density at radius 2 is 1.91 bits per heavy atom. The molecule has 2 bridgehead atoms. The number of hydrogen-bond donors (Lipinski definition) is 0. The summed E-state index contributed by atoms with van der Waals surface area (Å²) in [4.78, 5) is 0. The zero-order chi connectivity index (χ0) is 8.28. The van der Waals surface area contributed by atoms with Gasteiger partial charge in [0.15, 0.2) is 0 Å². The van der Waals surface area contributed by atoms with Gasteiger partial charge in [-0.2, -0.15) is 0 Å². The Kier molecular flexibility index (Phi) is 1.26. The third-order valence-corrected chi connectivity index (χ3v) is 4.79. The highest BCUT2D eigenvalue weighted by atomic mass is 14.8. The molecule has 11 heavy (non-hydrogen) atoms. The first-order valence-corrected chi connectivity index (χ1v) is 4.69. The second kappa shape index (κ2) is 1.82. The van der Waals surface area contributed by atoms with Crippen molar-refractivity contribution >= 4 is 0 Å². The summed E-state index contributed by atoms with van der Waals surface area (Å²) in [7, 11) is 0. The van der Waals surface area contributed by atoms with E-state index in [1.165, 1.54) is 12.8 Å². The lowest BCUT2D eigenvalue weighted by atomic mass is 9.69. The molecule has 2 saturated carbocycles. The molecule has 1 radical (unpaired) electrons. The molecule has 0 aliphatic heterocycles. The van der Waals surface area contributed by atoms with Crippen molar-refractivity contribution < 1.29 is 0 Å². The zero-order valence-electron chi connectivity index (χ0n) is 7.78. The molecule has 0 aromatic rings. The van der Waals surface area contributed by atoms with Crippen LogP contribution in [0, 0.1) is 16.7 Å². The third-order valence-electron chi connectivity index (χ3n) is 4.79. The Bertz CT molecular complexity index is 185. The van der Waals surface area contributed by atoms with Crippen LogP contribution in [0.5, 0.6) is 0 Å². The summed E-state index contributed by atoms with van der Waals surface area (Å²) in [5, 5.41) is 0. The van der Waals surface area contributed by atoms with Crippen LogP contribution in [0.15, 0.2) is 0 Å². The van der Waals surface area contributed by atoms with Crippen molar-refractivity contribution in [1.29, 1.82) is 0 Å². The monoisotopic (exact) mass is 152 g/mol. The normalized spacial score (nSPS) is 53.5. The van der Waals surface area contributed by atoms with Gasteiger partial charge in [-0.05, 0) is 36.0 Å². The average molecular weight is 152 g/mol. The van der Waals surface area contributed by atoms with Gasteiger partial charge in [0.25, 0.3) is 0 Å². The lowest BCUT2D eigenvalue weighted by Crippen LogP contribution is -2.36. The maximum Gasteiger partial charge on any atom is 0.0274 e. The van der Waals surface area contributed by atoms with Crippen molar-refractivity contribution in [2.24, 2.45) is 16.7 Å². The van der Waals surface area contributed by atoms with E-state index in [1.807, 2.05) is 0 Å². The molecule has 0 aromatic carbocycles. The first-order valence-electron chi connectivity index (χ1n) is 4.69. The fourth-order valence-corrected chi connectivity index (χ4v) is 3.20. The Labute approximate surface area is 69.4 Å². The molecule has 0 saturated heterocycles. The second-order valence-corrected chi connectivity index (χ2v) is 5.16. The fourth-order valence-electron chi connectivity index (χ4n) is 3.20. The first kappa shape index (κ1) is 7.60. The maximum atomic E-state index is 7.97. The van der Waals surface area contributed by atoms with Gasteiger partial charge in [-0.3, -0.25) is 5.73 Å². The van der Waals surface area contributed by atoms with Crippen LogP contribution in [0.2, 0.25) is 0 Å². The highest BCUT2D eigenvalue weighted by Gasteiger charge is 2.60. The average Bonchev–Trinajstić information content (AvgIpc) is 2.20. The van der Waals surface area contributed by atoms with E-state index in [9.17, 15) is 0 Å². The van der Waals surface area contributed by atoms with Gasteiger partial charge in [0.1, 0.15) is 0 Å². The molecule has 2 unspecified atom stereocenters. The number of rotatable bonds is 0. The minimum atomic E-state index is 0.219. The molecule has 2 aliphatic carbocycles. The summed E-state index contributed by atoms with van der Waals surface area (Å²) in [6, 6.07) is 0.219. The molecular formula is C10H18N. The first-order chi connectivity index (χ1) is 4.98. The van der Waals surface area contributed by atoms with E-state index in [0.29, 0.717) is 10.8 Å². The van der Waals surface area contributed by atoms with Gasteiger partial charge in [-0.25, -0.2) is 0 Å². The highest BCUT2D eigenvalue weighted by molar-refractivity contribution is 5.11. The molecule has 1 nitrogen and oxygen atoms in total. The van der Waals surface area contributed by atoms with Gasteiger partial charge in [0, 0.05) is 6.04 Å². The van der Waals surface area contributed by atoms with Crippen molar-refractivity contribution in [1.82, 2.24) is 5.73 Å². The van der Waals surface area contributed by atoms with Crippen LogP contribution in [0.25, 0.3) is 0 Å². The van der Waals surface area contributed by atoms with E-state index < -0.39 is 0 Å². The lowest BCUT2D eigenvalue weighted by Gasteiger charge is -2.37. The number of fused-ring (bicyclic) bond motifs is 2. The smallest absolute Gasteiger partial charge is 0.0274 e. The van der Waals surface area contributed by atoms with Crippen LogP contribution in [0.4, 0.5) is 0 Å². The lowest BCUT2D eigenvalue weighted by molar-refractivity contribution is 0.134. The van der Waals surface area contributed by atoms with E-state index in [4.69, 9.17) is 5.73 Å². The van der Waals surface area contributed by atoms with E-state index in [2.05, 4.69) is 20.8 Å². The number of nitrogens with one attached hydrogen (secondary N) is 1. The zero-order valence-corrected chi connectivity index (χ0v) is 7.78. The minimum absolute atomic E-state index is 0.219. The largest absolute Gasteiger partial charge is 0.254 e. The molecule has 63 valence electrons. The SMILES string of the molecule is CC1(C)C2CC[C@@]1(C)C([NH])C2. The van der Waals surface area contributed by atoms with E-state index in [-0.39, 0.29) is 6.04 Å². The Morgan fingerprint density at radius 3 is 2.09 bits per heavy atom. The summed E-state index contributed by atoms with van der Waals surface area (Å²) in [6.45, 7) is 7.04. The third kappa shape index (κ3) is 0.658. The van der Waals surface area contributed by atoms with Crippen molar-refractivity contribution in [2.45, 2.75) is 46.1 Å². The Morgan fingerprint density at radius 1 is 1.27 bits per heavy atom. The van der Waals surface area contributed by atoms with Crippen LogP contribution in [-0.4, -0.2) is 6.04 Å².